The van der Waals surface area contributed by atoms with Crippen molar-refractivity contribution in [1.82, 2.24) is 0 Å². The number of allylic oxidation sites excluding steroid dienone is 4. The molecule has 0 heteroatoms. The van der Waals surface area contributed by atoms with Crippen LogP contribution in [0.2, 0.25) is 0 Å². The zero-order valence-electron chi connectivity index (χ0n) is 11.2. The molecule has 100 valence electrons. The topological polar surface area (TPSA) is 0 Å². The third-order valence-corrected chi connectivity index (χ3v) is 2.18. The zero-order chi connectivity index (χ0) is 12.9. The van der Waals surface area contributed by atoms with Crippen LogP contribution in [0.15, 0.2) is 67.3 Å². The van der Waals surface area contributed by atoms with Gasteiger partial charge in [-0.3, -0.25) is 0 Å². The Bertz CT molecular complexity index is 330. The lowest BCUT2D eigenvalue weighted by molar-refractivity contribution is 0.795. The first kappa shape index (κ1) is 18.8. The van der Waals surface area contributed by atoms with Crippen LogP contribution in [0.1, 0.15) is 39.7 Å². The van der Waals surface area contributed by atoms with Gasteiger partial charge in [0.15, 0.2) is 0 Å². The molecule has 1 aromatic rings. The second kappa shape index (κ2) is 13.5. The molecule has 0 aliphatic heterocycles. The molecule has 0 fully saturated rings. The van der Waals surface area contributed by atoms with Crippen molar-refractivity contribution in [3.8, 4) is 0 Å². The molecule has 0 aromatic heterocycles. The molecule has 0 nitrogen and oxygen atoms in total. The number of hydrogen-bond acceptors (Lipinski definition) is 0. The normalized spacial score (nSPS) is 9.00. The SMILES string of the molecule is C.C=C/C=C\C(=C)C.CCCCc1ccccc1. The third kappa shape index (κ3) is 12.5. The quantitative estimate of drug-likeness (QED) is 0.560. The minimum Gasteiger partial charge on any atom is -0.0991 e. The number of hydrogen-bond donors (Lipinski definition) is 0. The summed E-state index contributed by atoms with van der Waals surface area (Å²) in [6.45, 7) is 11.3. The van der Waals surface area contributed by atoms with Gasteiger partial charge in [-0.05, 0) is 25.3 Å². The van der Waals surface area contributed by atoms with Gasteiger partial charge in [0.1, 0.15) is 0 Å². The van der Waals surface area contributed by atoms with Crippen LogP contribution >= 0.6 is 0 Å². The summed E-state index contributed by atoms with van der Waals surface area (Å²) < 4.78 is 0. The lowest BCUT2D eigenvalue weighted by Crippen LogP contribution is -1.81. The molecule has 0 unspecified atom stereocenters. The standard InChI is InChI=1S/C10H14.C7H10.CH4/c1-2-3-7-10-8-5-4-6-9-10;1-4-5-6-7(2)3;/h4-6,8-9H,2-3,7H2,1H3;4-6H,1-2H2,3H3;1H4/b;6-5-;. The summed E-state index contributed by atoms with van der Waals surface area (Å²) in [5.41, 5.74) is 2.52. The maximum Gasteiger partial charge on any atom is -0.0279 e. The average molecular weight is 244 g/mol. The van der Waals surface area contributed by atoms with Gasteiger partial charge in [0.05, 0.1) is 0 Å². The highest BCUT2D eigenvalue weighted by atomic mass is 13.9. The van der Waals surface area contributed by atoms with Crippen LogP contribution in [0, 0.1) is 0 Å². The Morgan fingerprint density at radius 1 is 1.22 bits per heavy atom. The summed E-state index contributed by atoms with van der Waals surface area (Å²) in [6.07, 6.45) is 9.33. The molecule has 0 aliphatic rings. The van der Waals surface area contributed by atoms with Gasteiger partial charge in [0.25, 0.3) is 0 Å². The number of rotatable bonds is 5. The summed E-state index contributed by atoms with van der Waals surface area (Å²) in [5, 5.41) is 0. The van der Waals surface area contributed by atoms with Crippen molar-refractivity contribution in [1.29, 1.82) is 0 Å². The van der Waals surface area contributed by atoms with E-state index in [4.69, 9.17) is 0 Å². The zero-order valence-corrected chi connectivity index (χ0v) is 11.2. The van der Waals surface area contributed by atoms with Gasteiger partial charge in [-0.1, -0.05) is 88.1 Å². The Hall–Kier alpha value is -1.56. The first-order valence-electron chi connectivity index (χ1n) is 6.19. The van der Waals surface area contributed by atoms with Gasteiger partial charge < -0.3 is 0 Å². The van der Waals surface area contributed by atoms with E-state index in [2.05, 4.69) is 50.4 Å². The first-order valence-corrected chi connectivity index (χ1v) is 6.19. The molecule has 0 N–H and O–H groups in total. The van der Waals surface area contributed by atoms with Crippen LogP contribution in [-0.4, -0.2) is 0 Å². The van der Waals surface area contributed by atoms with Crippen molar-refractivity contribution < 1.29 is 0 Å². The van der Waals surface area contributed by atoms with E-state index in [0.29, 0.717) is 0 Å². The largest absolute Gasteiger partial charge is 0.0991 e. The van der Waals surface area contributed by atoms with Crippen LogP contribution in [-0.2, 0) is 6.42 Å². The molecule has 0 heterocycles. The van der Waals surface area contributed by atoms with E-state index in [9.17, 15) is 0 Å². The summed E-state index contributed by atoms with van der Waals surface area (Å²) in [6, 6.07) is 10.6. The van der Waals surface area contributed by atoms with Gasteiger partial charge in [0.2, 0.25) is 0 Å². The molecule has 0 amide bonds. The van der Waals surface area contributed by atoms with E-state index >= 15 is 0 Å². The van der Waals surface area contributed by atoms with Crippen molar-refractivity contribution in [3.63, 3.8) is 0 Å². The Morgan fingerprint density at radius 3 is 2.22 bits per heavy atom. The fourth-order valence-corrected chi connectivity index (χ4v) is 1.26. The van der Waals surface area contributed by atoms with Gasteiger partial charge in [-0.25, -0.2) is 0 Å². The van der Waals surface area contributed by atoms with Gasteiger partial charge >= 0.3 is 0 Å². The third-order valence-electron chi connectivity index (χ3n) is 2.18. The van der Waals surface area contributed by atoms with E-state index in [0.717, 1.165) is 5.57 Å². The van der Waals surface area contributed by atoms with Crippen molar-refractivity contribution in [2.75, 3.05) is 0 Å². The molecule has 0 aliphatic carbocycles. The van der Waals surface area contributed by atoms with Gasteiger partial charge in [-0.15, -0.1) is 0 Å². The maximum atomic E-state index is 3.66. The Morgan fingerprint density at radius 2 is 1.83 bits per heavy atom. The summed E-state index contributed by atoms with van der Waals surface area (Å²) >= 11 is 0. The summed E-state index contributed by atoms with van der Waals surface area (Å²) in [4.78, 5) is 0. The second-order valence-electron chi connectivity index (χ2n) is 4.03. The minimum atomic E-state index is 0. The highest BCUT2D eigenvalue weighted by Crippen LogP contribution is 2.03. The van der Waals surface area contributed by atoms with Gasteiger partial charge in [-0.2, -0.15) is 0 Å². The molecular weight excluding hydrogens is 216 g/mol. The lowest BCUT2D eigenvalue weighted by atomic mass is 10.1. The first-order chi connectivity index (χ1) is 8.20. The van der Waals surface area contributed by atoms with Crippen LogP contribution in [0.4, 0.5) is 0 Å². The highest BCUT2D eigenvalue weighted by Gasteiger charge is 1.87. The Kier molecular flexibility index (Phi) is 14.1. The number of aryl methyl sites for hydroxylation is 1. The molecule has 0 saturated heterocycles. The van der Waals surface area contributed by atoms with Crippen molar-refractivity contribution in [3.05, 3.63) is 72.9 Å². The monoisotopic (exact) mass is 244 g/mol. The molecule has 0 atom stereocenters. The summed E-state index contributed by atoms with van der Waals surface area (Å²) in [5.74, 6) is 0. The predicted octanol–water partition coefficient (Wildman–Crippen LogP) is 5.97. The smallest absolute Gasteiger partial charge is 0.0279 e. The fraction of sp³-hybridized carbons (Fsp3) is 0.333. The molecule has 0 saturated carbocycles. The molecule has 1 rings (SSSR count). The fourth-order valence-electron chi connectivity index (χ4n) is 1.26. The number of unbranched alkanes of at least 4 members (excludes halogenated alkanes) is 1. The van der Waals surface area contributed by atoms with Crippen LogP contribution in [0.5, 0.6) is 0 Å². The van der Waals surface area contributed by atoms with E-state index in [1.807, 2.05) is 19.1 Å². The Labute approximate surface area is 114 Å². The van der Waals surface area contributed by atoms with Crippen molar-refractivity contribution >= 4 is 0 Å². The van der Waals surface area contributed by atoms with Crippen LogP contribution in [0.3, 0.4) is 0 Å². The Balaban J connectivity index is 0. The van der Waals surface area contributed by atoms with E-state index in [1.54, 1.807) is 6.08 Å². The molecule has 0 radical (unpaired) electrons. The lowest BCUT2D eigenvalue weighted by Gasteiger charge is -1.96. The predicted molar refractivity (Wildman–Crippen MR) is 85.9 cm³/mol. The molecule has 18 heavy (non-hydrogen) atoms. The number of benzene rings is 1. The second-order valence-corrected chi connectivity index (χ2v) is 4.03. The summed E-state index contributed by atoms with van der Waals surface area (Å²) in [7, 11) is 0. The molecule has 1 aromatic carbocycles. The van der Waals surface area contributed by atoms with Crippen LogP contribution in [0.25, 0.3) is 0 Å². The molecule has 0 bridgehead atoms. The maximum absolute atomic E-state index is 3.66. The average Bonchev–Trinajstić information content (AvgIpc) is 2.36. The molecule has 0 spiro atoms. The van der Waals surface area contributed by atoms with Gasteiger partial charge in [0, 0.05) is 0 Å². The van der Waals surface area contributed by atoms with E-state index < -0.39 is 0 Å². The van der Waals surface area contributed by atoms with Crippen LogP contribution < -0.4 is 0 Å². The van der Waals surface area contributed by atoms with E-state index in [-0.39, 0.29) is 7.43 Å². The van der Waals surface area contributed by atoms with E-state index in [1.165, 1.54) is 24.8 Å². The highest BCUT2D eigenvalue weighted by molar-refractivity contribution is 5.15. The van der Waals surface area contributed by atoms with Crippen molar-refractivity contribution in [2.24, 2.45) is 0 Å². The minimum absolute atomic E-state index is 0. The van der Waals surface area contributed by atoms with Crippen molar-refractivity contribution in [2.45, 2.75) is 40.5 Å². The molecular formula is C18H28.